The summed E-state index contributed by atoms with van der Waals surface area (Å²) >= 11 is 0. The smallest absolute Gasteiger partial charge is 0.332 e. The lowest BCUT2D eigenvalue weighted by Gasteiger charge is -2.52. The van der Waals surface area contributed by atoms with Gasteiger partial charge in [-0.3, -0.25) is 9.59 Å². The van der Waals surface area contributed by atoms with Crippen LogP contribution in [0.2, 0.25) is 0 Å². The maximum Gasteiger partial charge on any atom is 0.332 e. The number of hydrogen-bond donors (Lipinski definition) is 5. The van der Waals surface area contributed by atoms with Gasteiger partial charge in [0.2, 0.25) is 5.91 Å². The first kappa shape index (κ1) is 39.3. The summed E-state index contributed by atoms with van der Waals surface area (Å²) in [7, 11) is 1.52. The number of aliphatic hydroxyl groups excluding tert-OH is 2. The summed E-state index contributed by atoms with van der Waals surface area (Å²) in [4.78, 5) is 41.6. The number of aromatic hydroxyl groups is 1. The second-order valence-electron chi connectivity index (χ2n) is 16.2. The number of benzene rings is 1. The third-order valence-corrected chi connectivity index (χ3v) is 12.8. The Hall–Kier alpha value is -2.89. The number of rotatable bonds is 16. The van der Waals surface area contributed by atoms with E-state index in [2.05, 4.69) is 10.6 Å². The summed E-state index contributed by atoms with van der Waals surface area (Å²) in [5, 5.41) is 37.2. The van der Waals surface area contributed by atoms with Crippen LogP contribution >= 0.6 is 0 Å². The van der Waals surface area contributed by atoms with Crippen molar-refractivity contribution in [2.45, 2.75) is 147 Å². The fourth-order valence-electron chi connectivity index (χ4n) is 9.91. The summed E-state index contributed by atoms with van der Waals surface area (Å²) in [6.07, 6.45) is 10.2. The minimum atomic E-state index is -1.10. The maximum atomic E-state index is 15.0. The van der Waals surface area contributed by atoms with E-state index in [-0.39, 0.29) is 36.5 Å². The Kier molecular flexibility index (Phi) is 13.3. The lowest BCUT2D eigenvalue weighted by atomic mass is 9.61. The molecule has 2 aliphatic heterocycles. The summed E-state index contributed by atoms with van der Waals surface area (Å²) in [5.41, 5.74) is -1.15. The number of phenolic OH excluding ortho intramolecular Hbond substituents is 1. The SMILES string of the molecule is COc1cc(CC2(C(CC(OC(C)=O)C(CCCO)CCC(C)O)OC(=O)C34CCCCC3CC3(CCCC3)C(=O)N4)CCNCC2)ccc1O. The molecule has 286 valence electrons. The molecule has 2 aliphatic carbocycles. The Morgan fingerprint density at radius 1 is 1.00 bits per heavy atom. The number of methoxy groups -OCH3 is 1. The van der Waals surface area contributed by atoms with Gasteiger partial charge in [0.05, 0.1) is 13.2 Å². The lowest BCUT2D eigenvalue weighted by molar-refractivity contribution is -0.182. The van der Waals surface area contributed by atoms with Gasteiger partial charge in [-0.15, -0.1) is 0 Å². The quantitative estimate of drug-likeness (QED) is 0.146. The molecule has 2 saturated heterocycles. The highest BCUT2D eigenvalue weighted by molar-refractivity contribution is 5.93. The summed E-state index contributed by atoms with van der Waals surface area (Å²) < 4.78 is 18.4. The Morgan fingerprint density at radius 2 is 1.73 bits per heavy atom. The van der Waals surface area contributed by atoms with E-state index in [1.807, 2.05) is 12.1 Å². The largest absolute Gasteiger partial charge is 0.504 e. The zero-order valence-electron chi connectivity index (χ0n) is 31.1. The van der Waals surface area contributed by atoms with Crippen LogP contribution in [0.15, 0.2) is 18.2 Å². The predicted octanol–water partition coefficient (Wildman–Crippen LogP) is 5.11. The van der Waals surface area contributed by atoms with Crippen molar-refractivity contribution in [2.24, 2.45) is 22.7 Å². The zero-order valence-corrected chi connectivity index (χ0v) is 31.1. The lowest BCUT2D eigenvalue weighted by Crippen LogP contribution is -2.68. The highest BCUT2D eigenvalue weighted by atomic mass is 16.6. The van der Waals surface area contributed by atoms with Gasteiger partial charge < -0.3 is 40.2 Å². The first-order valence-corrected chi connectivity index (χ1v) is 19.5. The van der Waals surface area contributed by atoms with Crippen LogP contribution in [0.1, 0.15) is 122 Å². The number of aliphatic hydroxyl groups is 2. The molecule has 1 amide bonds. The number of carbonyl (C=O) groups excluding carboxylic acids is 3. The number of piperidine rings is 2. The molecule has 4 aliphatic rings. The average molecular weight is 715 g/mol. The normalized spacial score (nSPS) is 26.3. The number of hydrogen-bond acceptors (Lipinski definition) is 10. The fraction of sp³-hybridized carbons (Fsp3) is 0.775. The molecule has 0 bridgehead atoms. The Labute approximate surface area is 303 Å². The van der Waals surface area contributed by atoms with Gasteiger partial charge in [0.1, 0.15) is 17.7 Å². The first-order valence-electron chi connectivity index (χ1n) is 19.5. The van der Waals surface area contributed by atoms with Crippen molar-refractivity contribution in [1.82, 2.24) is 10.6 Å². The van der Waals surface area contributed by atoms with Crippen LogP contribution in [0.25, 0.3) is 0 Å². The molecule has 4 fully saturated rings. The van der Waals surface area contributed by atoms with E-state index in [1.54, 1.807) is 13.0 Å². The molecule has 1 aromatic rings. The van der Waals surface area contributed by atoms with Crippen LogP contribution in [0, 0.1) is 22.7 Å². The molecule has 6 atom stereocenters. The van der Waals surface area contributed by atoms with Crippen LogP contribution in [0.5, 0.6) is 11.5 Å². The Balaban J connectivity index is 1.54. The van der Waals surface area contributed by atoms with E-state index in [0.29, 0.717) is 76.6 Å². The van der Waals surface area contributed by atoms with Crippen LogP contribution in [0.4, 0.5) is 0 Å². The number of carbonyl (C=O) groups is 3. The van der Waals surface area contributed by atoms with Gasteiger partial charge in [-0.25, -0.2) is 4.79 Å². The number of esters is 2. The van der Waals surface area contributed by atoms with E-state index in [0.717, 1.165) is 50.5 Å². The summed E-state index contributed by atoms with van der Waals surface area (Å²) in [6.45, 7) is 4.50. The molecule has 1 aromatic carbocycles. The van der Waals surface area contributed by atoms with E-state index in [9.17, 15) is 29.7 Å². The number of ether oxygens (including phenoxy) is 3. The van der Waals surface area contributed by atoms with Gasteiger partial charge >= 0.3 is 11.9 Å². The molecule has 2 saturated carbocycles. The topological polar surface area (TPSA) is 164 Å². The van der Waals surface area contributed by atoms with Crippen molar-refractivity contribution >= 4 is 17.8 Å². The molecule has 11 heteroatoms. The second-order valence-corrected chi connectivity index (χ2v) is 16.2. The van der Waals surface area contributed by atoms with Crippen molar-refractivity contribution in [3.8, 4) is 11.5 Å². The van der Waals surface area contributed by atoms with Gasteiger partial charge in [-0.1, -0.05) is 31.7 Å². The molecule has 11 nitrogen and oxygen atoms in total. The van der Waals surface area contributed by atoms with Gasteiger partial charge in [0, 0.05) is 30.8 Å². The minimum absolute atomic E-state index is 0.00635. The number of nitrogens with one attached hydrogen (secondary N) is 2. The van der Waals surface area contributed by atoms with E-state index < -0.39 is 46.6 Å². The van der Waals surface area contributed by atoms with Crippen LogP contribution in [-0.4, -0.2) is 83.8 Å². The minimum Gasteiger partial charge on any atom is -0.504 e. The van der Waals surface area contributed by atoms with Gasteiger partial charge in [0.15, 0.2) is 11.5 Å². The standard InChI is InChI=1S/C40H62N2O9/c1-27(44)11-13-30(9-8-22-43)33(50-28(2)45)24-35(38(18-20-41-21-19-38)25-29-12-14-32(46)34(23-29)49-3)51-37(48)40-17-5-4-10-31(40)26-39(36(47)42-40)15-6-7-16-39/h12,14,23,27,30-31,33,35,41,43-44,46H,4-11,13,15-22,24-26H2,1-3H3,(H,42,47). The fourth-order valence-corrected chi connectivity index (χ4v) is 9.91. The molecule has 2 heterocycles. The van der Waals surface area contributed by atoms with Crippen LogP contribution in [0.3, 0.4) is 0 Å². The monoisotopic (exact) mass is 714 g/mol. The molecule has 5 rings (SSSR count). The Morgan fingerprint density at radius 3 is 2.39 bits per heavy atom. The van der Waals surface area contributed by atoms with E-state index >= 15 is 0 Å². The van der Waals surface area contributed by atoms with Crippen molar-refractivity contribution < 1.29 is 43.9 Å². The van der Waals surface area contributed by atoms with Crippen molar-refractivity contribution in [3.63, 3.8) is 0 Å². The molecule has 6 unspecified atom stereocenters. The molecule has 5 N–H and O–H groups in total. The number of fused-ring (bicyclic) bond motifs is 1. The highest BCUT2D eigenvalue weighted by Gasteiger charge is 2.60. The van der Waals surface area contributed by atoms with Crippen LogP contribution < -0.4 is 15.4 Å². The van der Waals surface area contributed by atoms with E-state index in [1.165, 1.54) is 14.0 Å². The third-order valence-electron chi connectivity index (χ3n) is 12.8. The Bertz CT molecular complexity index is 1340. The molecular weight excluding hydrogens is 652 g/mol. The first-order chi connectivity index (χ1) is 24.5. The van der Waals surface area contributed by atoms with Gasteiger partial charge in [-0.05, 0) is 127 Å². The number of amides is 1. The number of phenols is 1. The molecular formula is C40H62N2O9. The summed E-state index contributed by atoms with van der Waals surface area (Å²) in [6, 6.07) is 5.32. The van der Waals surface area contributed by atoms with Gasteiger partial charge in [0.25, 0.3) is 0 Å². The van der Waals surface area contributed by atoms with Crippen molar-refractivity contribution in [3.05, 3.63) is 23.8 Å². The van der Waals surface area contributed by atoms with Crippen molar-refractivity contribution in [1.29, 1.82) is 0 Å². The highest BCUT2D eigenvalue weighted by Crippen LogP contribution is 2.53. The second kappa shape index (κ2) is 17.3. The molecule has 51 heavy (non-hydrogen) atoms. The molecule has 0 aromatic heterocycles. The average Bonchev–Trinajstić information content (AvgIpc) is 3.58. The maximum absolute atomic E-state index is 15.0. The predicted molar refractivity (Wildman–Crippen MR) is 192 cm³/mol. The molecule has 0 radical (unpaired) electrons. The van der Waals surface area contributed by atoms with Crippen LogP contribution in [-0.2, 0) is 30.3 Å². The van der Waals surface area contributed by atoms with Crippen molar-refractivity contribution in [2.75, 3.05) is 26.8 Å². The van der Waals surface area contributed by atoms with Gasteiger partial charge in [-0.2, -0.15) is 0 Å². The van der Waals surface area contributed by atoms with E-state index in [4.69, 9.17) is 14.2 Å². The molecule has 1 spiro atoms. The zero-order chi connectivity index (χ0) is 36.6. The summed E-state index contributed by atoms with van der Waals surface area (Å²) in [5.74, 6) is -0.629. The third kappa shape index (κ3) is 9.02.